The zero-order valence-electron chi connectivity index (χ0n) is 13.1. The molecule has 1 aliphatic carbocycles. The number of carbonyl (C=O) groups excluding carboxylic acids is 1. The molecule has 6 heteroatoms. The number of likely N-dealkylation sites (tertiary alicyclic amines) is 1. The molecule has 0 aromatic rings. The van der Waals surface area contributed by atoms with Crippen LogP contribution in [0.3, 0.4) is 0 Å². The molecular weight excluding hydrogens is 309 g/mol. The van der Waals surface area contributed by atoms with Crippen molar-refractivity contribution in [1.82, 2.24) is 15.5 Å². The predicted octanol–water partition coefficient (Wildman–Crippen LogP) is 2.07. The van der Waals surface area contributed by atoms with Gasteiger partial charge in [-0.25, -0.2) is 0 Å². The summed E-state index contributed by atoms with van der Waals surface area (Å²) in [5.41, 5.74) is 0. The first-order valence-electron chi connectivity index (χ1n) is 7.97. The van der Waals surface area contributed by atoms with Crippen LogP contribution in [0.5, 0.6) is 0 Å². The van der Waals surface area contributed by atoms with Crippen LogP contribution in [0.15, 0.2) is 0 Å². The molecule has 2 N–H and O–H groups in total. The monoisotopic (exact) mass is 339 g/mol. The molecule has 0 radical (unpaired) electrons. The van der Waals surface area contributed by atoms with E-state index < -0.39 is 0 Å². The zero-order chi connectivity index (χ0) is 13.5. The molecule has 0 atom stereocenters. The van der Waals surface area contributed by atoms with Gasteiger partial charge in [0.15, 0.2) is 0 Å². The highest BCUT2D eigenvalue weighted by molar-refractivity contribution is 5.85. The van der Waals surface area contributed by atoms with Gasteiger partial charge in [-0.2, -0.15) is 0 Å². The van der Waals surface area contributed by atoms with E-state index in [0.717, 1.165) is 31.3 Å². The van der Waals surface area contributed by atoms with Gasteiger partial charge in [-0.1, -0.05) is 6.92 Å². The Labute approximate surface area is 141 Å². The molecule has 1 saturated carbocycles. The zero-order valence-corrected chi connectivity index (χ0v) is 14.7. The van der Waals surface area contributed by atoms with Crippen molar-refractivity contribution in [1.29, 1.82) is 0 Å². The average Bonchev–Trinajstić information content (AvgIpc) is 3.24. The topological polar surface area (TPSA) is 44.4 Å². The van der Waals surface area contributed by atoms with Gasteiger partial charge < -0.3 is 15.5 Å². The standard InChI is InChI=1S/C15H29N3O.2ClH/c1-2-18-9-6-13(7-10-18)5-8-17-15(19)12-16-11-14-3-4-14;;/h13-14,16H,2-12H2,1H3,(H,17,19);2*1H. The van der Waals surface area contributed by atoms with Crippen molar-refractivity contribution in [2.45, 2.75) is 39.0 Å². The number of nitrogens with zero attached hydrogens (tertiary/aromatic N) is 1. The molecule has 2 fully saturated rings. The molecule has 1 amide bonds. The minimum Gasteiger partial charge on any atom is -0.355 e. The summed E-state index contributed by atoms with van der Waals surface area (Å²) < 4.78 is 0. The molecule has 2 aliphatic rings. The smallest absolute Gasteiger partial charge is 0.233 e. The molecule has 1 heterocycles. The Morgan fingerprint density at radius 1 is 1.10 bits per heavy atom. The van der Waals surface area contributed by atoms with E-state index >= 15 is 0 Å². The van der Waals surface area contributed by atoms with Gasteiger partial charge in [0.1, 0.15) is 0 Å². The van der Waals surface area contributed by atoms with Gasteiger partial charge in [0.2, 0.25) is 5.91 Å². The Morgan fingerprint density at radius 3 is 2.33 bits per heavy atom. The third-order valence-corrected chi connectivity index (χ3v) is 4.44. The van der Waals surface area contributed by atoms with Crippen LogP contribution in [0.1, 0.15) is 39.0 Å². The van der Waals surface area contributed by atoms with Crippen molar-refractivity contribution in [3.05, 3.63) is 0 Å². The number of nitrogens with one attached hydrogen (secondary N) is 2. The number of piperidine rings is 1. The number of halogens is 2. The molecule has 0 spiro atoms. The van der Waals surface area contributed by atoms with Crippen LogP contribution >= 0.6 is 24.8 Å². The highest BCUT2D eigenvalue weighted by Gasteiger charge is 2.20. The number of rotatable bonds is 8. The van der Waals surface area contributed by atoms with Gasteiger partial charge in [-0.3, -0.25) is 4.79 Å². The lowest BCUT2D eigenvalue weighted by Gasteiger charge is -2.31. The Kier molecular flexibility index (Phi) is 11.5. The van der Waals surface area contributed by atoms with Crippen LogP contribution in [0.25, 0.3) is 0 Å². The molecule has 0 aromatic heterocycles. The first-order chi connectivity index (χ1) is 9.28. The lowest BCUT2D eigenvalue weighted by molar-refractivity contribution is -0.120. The summed E-state index contributed by atoms with van der Waals surface area (Å²) in [7, 11) is 0. The van der Waals surface area contributed by atoms with Gasteiger partial charge in [0, 0.05) is 6.54 Å². The summed E-state index contributed by atoms with van der Waals surface area (Å²) in [5.74, 6) is 1.81. The van der Waals surface area contributed by atoms with E-state index in [-0.39, 0.29) is 30.7 Å². The van der Waals surface area contributed by atoms with Crippen LogP contribution in [0.4, 0.5) is 0 Å². The van der Waals surface area contributed by atoms with Gasteiger partial charge in [0.05, 0.1) is 6.54 Å². The Balaban J connectivity index is 0.00000200. The van der Waals surface area contributed by atoms with E-state index in [1.54, 1.807) is 0 Å². The molecule has 1 saturated heterocycles. The Morgan fingerprint density at radius 2 is 1.76 bits per heavy atom. The maximum absolute atomic E-state index is 11.6. The second-order valence-corrected chi connectivity index (χ2v) is 6.09. The third-order valence-electron chi connectivity index (χ3n) is 4.44. The minimum absolute atomic E-state index is 0. The van der Waals surface area contributed by atoms with Crippen molar-refractivity contribution in [3.63, 3.8) is 0 Å². The van der Waals surface area contributed by atoms with Gasteiger partial charge in [-0.15, -0.1) is 24.8 Å². The Bertz CT molecular complexity index is 280. The first kappa shape index (κ1) is 21.0. The van der Waals surface area contributed by atoms with Crippen LogP contribution < -0.4 is 10.6 Å². The molecule has 1 aliphatic heterocycles. The van der Waals surface area contributed by atoms with Gasteiger partial charge in [0.25, 0.3) is 0 Å². The van der Waals surface area contributed by atoms with Crippen molar-refractivity contribution < 1.29 is 4.79 Å². The number of amides is 1. The van der Waals surface area contributed by atoms with Crippen LogP contribution in [-0.2, 0) is 4.79 Å². The molecule has 2 rings (SSSR count). The molecule has 4 nitrogen and oxygen atoms in total. The summed E-state index contributed by atoms with van der Waals surface area (Å²) in [6.45, 7) is 8.23. The summed E-state index contributed by atoms with van der Waals surface area (Å²) in [4.78, 5) is 14.1. The second-order valence-electron chi connectivity index (χ2n) is 6.09. The van der Waals surface area contributed by atoms with E-state index in [1.165, 1.54) is 45.3 Å². The summed E-state index contributed by atoms with van der Waals surface area (Å²) in [6.07, 6.45) is 6.41. The highest BCUT2D eigenvalue weighted by Crippen LogP contribution is 2.27. The van der Waals surface area contributed by atoms with E-state index in [1.807, 2.05) is 0 Å². The largest absolute Gasteiger partial charge is 0.355 e. The fraction of sp³-hybridized carbons (Fsp3) is 0.933. The normalized spacial score (nSPS) is 19.5. The quantitative estimate of drug-likeness (QED) is 0.711. The second kappa shape index (κ2) is 11.5. The molecule has 0 unspecified atom stereocenters. The van der Waals surface area contributed by atoms with E-state index in [4.69, 9.17) is 0 Å². The number of hydrogen-bond acceptors (Lipinski definition) is 3. The van der Waals surface area contributed by atoms with Crippen LogP contribution in [0.2, 0.25) is 0 Å². The van der Waals surface area contributed by atoms with E-state index in [9.17, 15) is 4.79 Å². The van der Waals surface area contributed by atoms with Crippen molar-refractivity contribution >= 4 is 30.7 Å². The number of hydrogen-bond donors (Lipinski definition) is 2. The van der Waals surface area contributed by atoms with Crippen molar-refractivity contribution in [2.75, 3.05) is 39.3 Å². The summed E-state index contributed by atoms with van der Waals surface area (Å²) >= 11 is 0. The average molecular weight is 340 g/mol. The van der Waals surface area contributed by atoms with E-state index in [0.29, 0.717) is 6.54 Å². The minimum atomic E-state index is 0. The predicted molar refractivity (Wildman–Crippen MR) is 92.6 cm³/mol. The molecule has 21 heavy (non-hydrogen) atoms. The Hall–Kier alpha value is -0.0300. The van der Waals surface area contributed by atoms with Crippen molar-refractivity contribution in [3.8, 4) is 0 Å². The van der Waals surface area contributed by atoms with E-state index in [2.05, 4.69) is 22.5 Å². The van der Waals surface area contributed by atoms with Gasteiger partial charge >= 0.3 is 0 Å². The number of carbonyl (C=O) groups is 1. The molecular formula is C15H31Cl2N3O. The maximum atomic E-state index is 11.6. The first-order valence-corrected chi connectivity index (χ1v) is 7.97. The lowest BCUT2D eigenvalue weighted by atomic mass is 9.93. The van der Waals surface area contributed by atoms with Crippen LogP contribution in [0, 0.1) is 11.8 Å². The highest BCUT2D eigenvalue weighted by atomic mass is 35.5. The molecule has 0 aromatic carbocycles. The summed E-state index contributed by atoms with van der Waals surface area (Å²) in [6, 6.07) is 0. The summed E-state index contributed by atoms with van der Waals surface area (Å²) in [5, 5.41) is 6.26. The fourth-order valence-electron chi connectivity index (χ4n) is 2.78. The van der Waals surface area contributed by atoms with Crippen LogP contribution in [-0.4, -0.2) is 50.1 Å². The fourth-order valence-corrected chi connectivity index (χ4v) is 2.78. The van der Waals surface area contributed by atoms with Crippen molar-refractivity contribution in [2.24, 2.45) is 11.8 Å². The SMILES string of the molecule is CCN1CCC(CCNC(=O)CNCC2CC2)CC1.Cl.Cl. The maximum Gasteiger partial charge on any atom is 0.233 e. The van der Waals surface area contributed by atoms with Gasteiger partial charge in [-0.05, 0) is 70.1 Å². The molecule has 126 valence electrons. The lowest BCUT2D eigenvalue weighted by Crippen LogP contribution is -2.37. The third kappa shape index (κ3) is 8.87. The molecule has 0 bridgehead atoms.